The summed E-state index contributed by atoms with van der Waals surface area (Å²) in [4.78, 5) is 0.389. The first-order valence-corrected chi connectivity index (χ1v) is 6.26. The number of hydrogen-bond donors (Lipinski definition) is 2. The van der Waals surface area contributed by atoms with Gasteiger partial charge < -0.3 is 15.8 Å². The zero-order valence-electron chi connectivity index (χ0n) is 9.13. The molecule has 88 valence electrons. The first-order chi connectivity index (χ1) is 7.65. The summed E-state index contributed by atoms with van der Waals surface area (Å²) in [6, 6.07) is 5.81. The van der Waals surface area contributed by atoms with Crippen LogP contribution in [-0.2, 0) is 4.74 Å². The van der Waals surface area contributed by atoms with Gasteiger partial charge in [-0.1, -0.05) is 28.1 Å². The maximum absolute atomic E-state index is 5.65. The highest BCUT2D eigenvalue weighted by Gasteiger charge is 2.05. The fourth-order valence-corrected chi connectivity index (χ4v) is 1.81. The topological polar surface area (TPSA) is 47.3 Å². The molecule has 0 amide bonds. The molecule has 0 fully saturated rings. The Hall–Kier alpha value is -0.650. The molecule has 0 bridgehead atoms. The van der Waals surface area contributed by atoms with Gasteiger partial charge in [0.15, 0.2) is 0 Å². The average Bonchev–Trinajstić information content (AvgIpc) is 2.26. The van der Waals surface area contributed by atoms with Gasteiger partial charge >= 0.3 is 0 Å². The van der Waals surface area contributed by atoms with E-state index in [1.54, 1.807) is 0 Å². The number of ether oxygens (including phenoxy) is 1. The number of rotatable bonds is 6. The number of hydrogen-bond acceptors (Lipinski definition) is 3. The number of anilines is 1. The highest BCUT2D eigenvalue weighted by molar-refractivity contribution is 9.10. The molecular weight excluding hydrogens is 288 g/mol. The molecule has 0 aliphatic carbocycles. The fourth-order valence-electron chi connectivity index (χ4n) is 1.28. The maximum atomic E-state index is 5.65. The van der Waals surface area contributed by atoms with Crippen LogP contribution in [0.2, 0.25) is 0 Å². The molecule has 3 N–H and O–H groups in total. The largest absolute Gasteiger partial charge is 0.389 e. The number of nitrogens with two attached hydrogens (primary N) is 1. The third-order valence-electron chi connectivity index (χ3n) is 2.01. The highest BCUT2D eigenvalue weighted by Crippen LogP contribution is 2.20. The molecular formula is C11H15BrN2OS. The number of halogens is 1. The molecule has 5 heteroatoms. The third-order valence-corrected chi connectivity index (χ3v) is 2.73. The Morgan fingerprint density at radius 3 is 2.94 bits per heavy atom. The zero-order valence-corrected chi connectivity index (χ0v) is 11.5. The minimum absolute atomic E-state index is 0.389. The lowest BCUT2D eigenvalue weighted by atomic mass is 10.2. The van der Waals surface area contributed by atoms with Crippen LogP contribution in [0.4, 0.5) is 5.69 Å². The van der Waals surface area contributed by atoms with Crippen molar-refractivity contribution in [1.82, 2.24) is 0 Å². The normalized spacial score (nSPS) is 10.1. The molecule has 0 unspecified atom stereocenters. The number of benzene rings is 1. The molecule has 16 heavy (non-hydrogen) atoms. The van der Waals surface area contributed by atoms with Crippen LogP contribution in [0.1, 0.15) is 12.5 Å². The van der Waals surface area contributed by atoms with Crippen molar-refractivity contribution in [3.8, 4) is 0 Å². The van der Waals surface area contributed by atoms with Gasteiger partial charge in [-0.25, -0.2) is 0 Å². The first kappa shape index (κ1) is 13.4. The van der Waals surface area contributed by atoms with Crippen molar-refractivity contribution < 1.29 is 4.74 Å². The summed E-state index contributed by atoms with van der Waals surface area (Å²) in [6.07, 6.45) is 0. The van der Waals surface area contributed by atoms with E-state index in [1.807, 2.05) is 25.1 Å². The number of nitrogens with one attached hydrogen (secondary N) is 1. The summed E-state index contributed by atoms with van der Waals surface area (Å²) >= 11 is 8.39. The van der Waals surface area contributed by atoms with E-state index in [1.165, 1.54) is 0 Å². The lowest BCUT2D eigenvalue weighted by Crippen LogP contribution is -2.15. The highest BCUT2D eigenvalue weighted by atomic mass is 79.9. The van der Waals surface area contributed by atoms with Crippen LogP contribution in [-0.4, -0.2) is 24.7 Å². The Morgan fingerprint density at radius 1 is 1.56 bits per heavy atom. The van der Waals surface area contributed by atoms with Crippen LogP contribution >= 0.6 is 28.1 Å². The summed E-state index contributed by atoms with van der Waals surface area (Å²) in [5.41, 5.74) is 7.44. The lowest BCUT2D eigenvalue weighted by Gasteiger charge is -2.11. The Bertz CT molecular complexity index is 371. The monoisotopic (exact) mass is 302 g/mol. The average molecular weight is 303 g/mol. The Kier molecular flexibility index (Phi) is 5.73. The fraction of sp³-hybridized carbons (Fsp3) is 0.364. The summed E-state index contributed by atoms with van der Waals surface area (Å²) in [5.74, 6) is 0. The predicted octanol–water partition coefficient (Wildman–Crippen LogP) is 2.53. The van der Waals surface area contributed by atoms with Crippen LogP contribution in [0.25, 0.3) is 0 Å². The van der Waals surface area contributed by atoms with Crippen molar-refractivity contribution in [1.29, 1.82) is 0 Å². The van der Waals surface area contributed by atoms with Crippen LogP contribution in [0, 0.1) is 0 Å². The summed E-state index contributed by atoms with van der Waals surface area (Å²) in [7, 11) is 0. The number of thiocarbonyl (C=S) groups is 1. The molecule has 0 atom stereocenters. The van der Waals surface area contributed by atoms with E-state index in [9.17, 15) is 0 Å². The SMILES string of the molecule is CCOCCNc1ccc(Br)cc1C(N)=S. The molecule has 0 aromatic heterocycles. The smallest absolute Gasteiger partial charge is 0.106 e. The van der Waals surface area contributed by atoms with Gasteiger partial charge in [-0.3, -0.25) is 0 Å². The molecule has 0 radical (unpaired) electrons. The summed E-state index contributed by atoms with van der Waals surface area (Å²) in [6.45, 7) is 4.11. The summed E-state index contributed by atoms with van der Waals surface area (Å²) in [5, 5.41) is 3.24. The minimum Gasteiger partial charge on any atom is -0.389 e. The second kappa shape index (κ2) is 6.83. The van der Waals surface area contributed by atoms with E-state index in [0.717, 1.165) is 28.9 Å². The molecule has 0 aliphatic heterocycles. The van der Waals surface area contributed by atoms with Gasteiger partial charge in [-0.05, 0) is 25.1 Å². The predicted molar refractivity (Wildman–Crippen MR) is 75.0 cm³/mol. The second-order valence-electron chi connectivity index (χ2n) is 3.18. The molecule has 0 heterocycles. The van der Waals surface area contributed by atoms with Crippen LogP contribution < -0.4 is 11.1 Å². The molecule has 0 spiro atoms. The van der Waals surface area contributed by atoms with E-state index in [4.69, 9.17) is 22.7 Å². The van der Waals surface area contributed by atoms with E-state index >= 15 is 0 Å². The van der Waals surface area contributed by atoms with Gasteiger partial charge in [0, 0.05) is 28.9 Å². The van der Waals surface area contributed by atoms with Crippen LogP contribution in [0.5, 0.6) is 0 Å². The van der Waals surface area contributed by atoms with Crippen molar-refractivity contribution in [3.63, 3.8) is 0 Å². The van der Waals surface area contributed by atoms with Gasteiger partial charge in [-0.2, -0.15) is 0 Å². The maximum Gasteiger partial charge on any atom is 0.106 e. The van der Waals surface area contributed by atoms with Crippen molar-refractivity contribution in [2.24, 2.45) is 5.73 Å². The minimum atomic E-state index is 0.389. The van der Waals surface area contributed by atoms with Crippen molar-refractivity contribution in [2.45, 2.75) is 6.92 Å². The first-order valence-electron chi connectivity index (χ1n) is 5.06. The van der Waals surface area contributed by atoms with Crippen molar-refractivity contribution >= 4 is 38.8 Å². The summed E-state index contributed by atoms with van der Waals surface area (Å²) < 4.78 is 6.21. The molecule has 1 rings (SSSR count). The van der Waals surface area contributed by atoms with Crippen molar-refractivity contribution in [2.75, 3.05) is 25.1 Å². The second-order valence-corrected chi connectivity index (χ2v) is 4.53. The quantitative estimate of drug-likeness (QED) is 0.626. The Labute approximate surface area is 109 Å². The molecule has 0 saturated heterocycles. The molecule has 1 aromatic rings. The van der Waals surface area contributed by atoms with Gasteiger partial charge in [0.1, 0.15) is 4.99 Å². The lowest BCUT2D eigenvalue weighted by molar-refractivity contribution is 0.158. The third kappa shape index (κ3) is 4.08. The molecule has 1 aromatic carbocycles. The molecule has 3 nitrogen and oxygen atoms in total. The van der Waals surface area contributed by atoms with Crippen LogP contribution in [0.15, 0.2) is 22.7 Å². The van der Waals surface area contributed by atoms with Crippen LogP contribution in [0.3, 0.4) is 0 Å². The van der Waals surface area contributed by atoms with Gasteiger partial charge in [0.25, 0.3) is 0 Å². The van der Waals surface area contributed by atoms with Crippen molar-refractivity contribution in [3.05, 3.63) is 28.2 Å². The van der Waals surface area contributed by atoms with Gasteiger partial charge in [0.05, 0.1) is 6.61 Å². The van der Waals surface area contributed by atoms with E-state index in [2.05, 4.69) is 21.2 Å². The van der Waals surface area contributed by atoms with Gasteiger partial charge in [0.2, 0.25) is 0 Å². The zero-order chi connectivity index (χ0) is 12.0. The standard InChI is InChI=1S/C11H15BrN2OS/c1-2-15-6-5-14-10-4-3-8(12)7-9(10)11(13)16/h3-4,7,14H,2,5-6H2,1H3,(H2,13,16). The Morgan fingerprint density at radius 2 is 2.31 bits per heavy atom. The molecule has 0 aliphatic rings. The Balaban J connectivity index is 2.67. The van der Waals surface area contributed by atoms with E-state index in [-0.39, 0.29) is 0 Å². The van der Waals surface area contributed by atoms with E-state index < -0.39 is 0 Å². The molecule has 0 saturated carbocycles. The van der Waals surface area contributed by atoms with E-state index in [0.29, 0.717) is 11.6 Å². The van der Waals surface area contributed by atoms with Gasteiger partial charge in [-0.15, -0.1) is 0 Å².